The van der Waals surface area contributed by atoms with Gasteiger partial charge in [-0.15, -0.1) is 24.0 Å². The topological polar surface area (TPSA) is 96.0 Å². The van der Waals surface area contributed by atoms with Crippen molar-refractivity contribution in [2.45, 2.75) is 57.7 Å². The summed E-state index contributed by atoms with van der Waals surface area (Å²) in [6.45, 7) is 10.9. The molecule has 1 unspecified atom stereocenters. The summed E-state index contributed by atoms with van der Waals surface area (Å²) in [5, 5.41) is 13.3. The maximum atomic E-state index is 11.7. The molecule has 1 saturated heterocycles. The molecule has 0 aliphatic carbocycles. The van der Waals surface area contributed by atoms with E-state index in [2.05, 4.69) is 57.4 Å². The number of hydrogen-bond donors (Lipinski definition) is 4. The van der Waals surface area contributed by atoms with Crippen molar-refractivity contribution in [2.75, 3.05) is 39.9 Å². The summed E-state index contributed by atoms with van der Waals surface area (Å²) in [5.41, 5.74) is 0.681. The summed E-state index contributed by atoms with van der Waals surface area (Å²) in [5.74, 6) is 0.700. The maximum Gasteiger partial charge on any atom is 0.407 e. The van der Waals surface area contributed by atoms with Crippen LogP contribution in [0.15, 0.2) is 35.3 Å². The van der Waals surface area contributed by atoms with Gasteiger partial charge in [0, 0.05) is 51.5 Å². The summed E-state index contributed by atoms with van der Waals surface area (Å²) in [4.78, 5) is 16.0. The van der Waals surface area contributed by atoms with Crippen molar-refractivity contribution < 1.29 is 14.3 Å². The van der Waals surface area contributed by atoms with E-state index < -0.39 is 11.7 Å². The lowest BCUT2D eigenvalue weighted by Crippen LogP contribution is -2.58. The monoisotopic (exact) mass is 561 g/mol. The van der Waals surface area contributed by atoms with Crippen LogP contribution in [0, 0.1) is 0 Å². The number of rotatable bonds is 8. The number of guanidine groups is 1. The molecule has 0 spiro atoms. The molecule has 182 valence electrons. The summed E-state index contributed by atoms with van der Waals surface area (Å²) >= 11 is 0. The molecule has 1 aliphatic rings. The first-order valence-corrected chi connectivity index (χ1v) is 11.0. The molecule has 4 N–H and O–H groups in total. The Kier molecular flexibility index (Phi) is 12.3. The average Bonchev–Trinajstić information content (AvgIpc) is 2.73. The van der Waals surface area contributed by atoms with Crippen LogP contribution in [0.25, 0.3) is 0 Å². The van der Waals surface area contributed by atoms with Crippen LogP contribution in [-0.2, 0) is 9.47 Å². The Hall–Kier alpha value is -1.59. The van der Waals surface area contributed by atoms with E-state index in [0.717, 1.165) is 32.6 Å². The lowest BCUT2D eigenvalue weighted by atomic mass is 9.88. The fourth-order valence-corrected chi connectivity index (χ4v) is 3.55. The Balaban J connectivity index is 0.00000512. The number of aliphatic imine (C=N–C) groups is 1. The number of carbonyl (C=O) groups is 1. The summed E-state index contributed by atoms with van der Waals surface area (Å²) in [6.07, 6.45) is 1.43. The van der Waals surface area contributed by atoms with E-state index in [1.54, 1.807) is 7.05 Å². The second kappa shape index (κ2) is 13.8. The Labute approximate surface area is 209 Å². The van der Waals surface area contributed by atoms with Gasteiger partial charge in [0.2, 0.25) is 0 Å². The zero-order valence-electron chi connectivity index (χ0n) is 20.0. The first kappa shape index (κ1) is 28.4. The standard InChI is InChI=1S/C23H39N5O3.HI/c1-18(19-9-7-6-8-10-19)28-23(11-15-30-16-12-23)17-27-20(24-5)25-13-14-26-21(29)31-22(2,3)4;/h6-10,18,28H,11-17H2,1-5H3,(H,26,29)(H2,24,25,27);1H. The fourth-order valence-electron chi connectivity index (χ4n) is 3.55. The third-order valence-electron chi connectivity index (χ3n) is 5.18. The number of hydrogen-bond acceptors (Lipinski definition) is 5. The quantitative estimate of drug-likeness (QED) is 0.169. The van der Waals surface area contributed by atoms with Gasteiger partial charge < -0.3 is 30.7 Å². The number of halogens is 1. The zero-order chi connectivity index (χ0) is 22.7. The van der Waals surface area contributed by atoms with Gasteiger partial charge in [0.15, 0.2) is 5.96 Å². The van der Waals surface area contributed by atoms with E-state index in [1.165, 1.54) is 5.56 Å². The van der Waals surface area contributed by atoms with Crippen LogP contribution >= 0.6 is 24.0 Å². The van der Waals surface area contributed by atoms with Gasteiger partial charge in [-0.05, 0) is 46.1 Å². The number of nitrogens with zero attached hydrogens (tertiary/aromatic N) is 1. The van der Waals surface area contributed by atoms with Gasteiger partial charge in [-0.2, -0.15) is 0 Å². The van der Waals surface area contributed by atoms with Crippen molar-refractivity contribution >= 4 is 36.0 Å². The molecule has 1 amide bonds. The summed E-state index contributed by atoms with van der Waals surface area (Å²) in [6, 6.07) is 10.7. The molecule has 1 atom stereocenters. The maximum absolute atomic E-state index is 11.7. The van der Waals surface area contributed by atoms with Gasteiger partial charge in [0.05, 0.1) is 0 Å². The highest BCUT2D eigenvalue weighted by Crippen LogP contribution is 2.25. The average molecular weight is 562 g/mol. The van der Waals surface area contributed by atoms with Crippen LogP contribution in [0.5, 0.6) is 0 Å². The third-order valence-corrected chi connectivity index (χ3v) is 5.18. The van der Waals surface area contributed by atoms with E-state index in [0.29, 0.717) is 19.0 Å². The van der Waals surface area contributed by atoms with Gasteiger partial charge in [-0.3, -0.25) is 4.99 Å². The molecule has 0 radical (unpaired) electrons. The molecular formula is C23H40IN5O3. The van der Waals surface area contributed by atoms with Crippen LogP contribution < -0.4 is 21.3 Å². The molecule has 1 aliphatic heterocycles. The highest BCUT2D eigenvalue weighted by atomic mass is 127. The molecule has 8 nitrogen and oxygen atoms in total. The lowest BCUT2D eigenvalue weighted by molar-refractivity contribution is 0.0355. The molecule has 0 bridgehead atoms. The Morgan fingerprint density at radius 2 is 1.75 bits per heavy atom. The molecule has 1 fully saturated rings. The Bertz CT molecular complexity index is 703. The number of alkyl carbamates (subject to hydrolysis) is 1. The second-order valence-electron chi connectivity index (χ2n) is 8.95. The number of carbonyl (C=O) groups excluding carboxylic acids is 1. The lowest BCUT2D eigenvalue weighted by Gasteiger charge is -2.41. The molecule has 1 heterocycles. The number of ether oxygens (including phenoxy) is 2. The predicted octanol–water partition coefficient (Wildman–Crippen LogP) is 3.19. The molecule has 1 aromatic rings. The number of amides is 1. The molecule has 32 heavy (non-hydrogen) atoms. The van der Waals surface area contributed by atoms with Gasteiger partial charge in [-0.1, -0.05) is 30.3 Å². The Morgan fingerprint density at radius 3 is 2.34 bits per heavy atom. The number of nitrogens with one attached hydrogen (secondary N) is 4. The van der Waals surface area contributed by atoms with Gasteiger partial charge in [-0.25, -0.2) is 4.79 Å². The van der Waals surface area contributed by atoms with Gasteiger partial charge >= 0.3 is 6.09 Å². The largest absolute Gasteiger partial charge is 0.444 e. The summed E-state index contributed by atoms with van der Waals surface area (Å²) < 4.78 is 10.9. The van der Waals surface area contributed by atoms with Crippen molar-refractivity contribution in [2.24, 2.45) is 4.99 Å². The minimum Gasteiger partial charge on any atom is -0.444 e. The molecule has 0 aromatic heterocycles. The second-order valence-corrected chi connectivity index (χ2v) is 8.95. The normalized spacial score (nSPS) is 17.0. The first-order chi connectivity index (χ1) is 14.7. The van der Waals surface area contributed by atoms with Crippen molar-refractivity contribution in [1.82, 2.24) is 21.3 Å². The predicted molar refractivity (Wildman–Crippen MR) is 140 cm³/mol. The number of benzene rings is 1. The molecule has 9 heteroatoms. The molecular weight excluding hydrogens is 521 g/mol. The van der Waals surface area contributed by atoms with Crippen LogP contribution in [0.3, 0.4) is 0 Å². The minimum atomic E-state index is -0.503. The third kappa shape index (κ3) is 10.4. The summed E-state index contributed by atoms with van der Waals surface area (Å²) in [7, 11) is 1.74. The van der Waals surface area contributed by atoms with Crippen molar-refractivity contribution in [1.29, 1.82) is 0 Å². The van der Waals surface area contributed by atoms with Gasteiger partial charge in [0.1, 0.15) is 5.60 Å². The van der Waals surface area contributed by atoms with Crippen LogP contribution in [0.2, 0.25) is 0 Å². The first-order valence-electron chi connectivity index (χ1n) is 11.0. The van der Waals surface area contributed by atoms with Crippen molar-refractivity contribution in [3.05, 3.63) is 35.9 Å². The highest BCUT2D eigenvalue weighted by Gasteiger charge is 2.34. The SMILES string of the molecule is CN=C(NCCNC(=O)OC(C)(C)C)NCC1(NC(C)c2ccccc2)CCOCC1.I. The molecule has 0 saturated carbocycles. The van der Waals surface area contributed by atoms with Crippen LogP contribution in [0.4, 0.5) is 4.79 Å². The van der Waals surface area contributed by atoms with Crippen LogP contribution in [-0.4, -0.2) is 63.1 Å². The van der Waals surface area contributed by atoms with E-state index in [1.807, 2.05) is 26.8 Å². The zero-order valence-corrected chi connectivity index (χ0v) is 22.3. The highest BCUT2D eigenvalue weighted by molar-refractivity contribution is 14.0. The van der Waals surface area contributed by atoms with Crippen molar-refractivity contribution in [3.8, 4) is 0 Å². The smallest absolute Gasteiger partial charge is 0.407 e. The molecule has 1 aromatic carbocycles. The van der Waals surface area contributed by atoms with E-state index in [4.69, 9.17) is 9.47 Å². The van der Waals surface area contributed by atoms with Crippen molar-refractivity contribution in [3.63, 3.8) is 0 Å². The van der Waals surface area contributed by atoms with E-state index in [9.17, 15) is 4.79 Å². The Morgan fingerprint density at radius 1 is 1.12 bits per heavy atom. The van der Waals surface area contributed by atoms with E-state index in [-0.39, 0.29) is 35.6 Å². The minimum absolute atomic E-state index is 0. The fraction of sp³-hybridized carbons (Fsp3) is 0.652. The van der Waals surface area contributed by atoms with Crippen LogP contribution in [0.1, 0.15) is 52.1 Å². The molecule has 2 rings (SSSR count). The van der Waals surface area contributed by atoms with Gasteiger partial charge in [0.25, 0.3) is 0 Å². The van der Waals surface area contributed by atoms with E-state index >= 15 is 0 Å².